The number of ether oxygens (including phenoxy) is 1. The zero-order chi connectivity index (χ0) is 19.6. The largest absolute Gasteiger partial charge is 0.465 e. The van der Waals surface area contributed by atoms with Gasteiger partial charge in [-0.2, -0.15) is 4.99 Å². The minimum Gasteiger partial charge on any atom is -0.465 e. The van der Waals surface area contributed by atoms with Crippen molar-refractivity contribution < 1.29 is 27.2 Å². The lowest BCUT2D eigenvalue weighted by atomic mass is 10.3. The van der Waals surface area contributed by atoms with Crippen LogP contribution in [0.4, 0.5) is 0 Å². The molecule has 1 aromatic carbocycles. The maximum atomic E-state index is 12.3. The number of carbonyl (C=O) groups is 2. The third-order valence-corrected chi connectivity index (χ3v) is 5.76. The summed E-state index contributed by atoms with van der Waals surface area (Å²) in [7, 11) is -3.39. The molecule has 27 heavy (non-hydrogen) atoms. The van der Waals surface area contributed by atoms with E-state index in [4.69, 9.17) is 9.15 Å². The number of amides is 1. The molecule has 8 nitrogen and oxygen atoms in total. The second-order valence-corrected chi connectivity index (χ2v) is 8.60. The van der Waals surface area contributed by atoms with Gasteiger partial charge in [0.2, 0.25) is 0 Å². The van der Waals surface area contributed by atoms with Crippen molar-refractivity contribution in [1.82, 2.24) is 4.57 Å². The second kappa shape index (κ2) is 7.49. The highest BCUT2D eigenvalue weighted by molar-refractivity contribution is 7.90. The van der Waals surface area contributed by atoms with E-state index in [9.17, 15) is 18.0 Å². The molecular weight excluding hydrogens is 392 g/mol. The highest BCUT2D eigenvalue weighted by Crippen LogP contribution is 2.22. The summed E-state index contributed by atoms with van der Waals surface area (Å²) in [5.41, 5.74) is 0.575. The summed E-state index contributed by atoms with van der Waals surface area (Å²) < 4.78 is 35.7. The lowest BCUT2D eigenvalue weighted by molar-refractivity contribution is -0.143. The Kier molecular flexibility index (Phi) is 5.29. The molecule has 0 spiro atoms. The lowest BCUT2D eigenvalue weighted by Crippen LogP contribution is -2.23. The Hall–Kier alpha value is -2.72. The van der Waals surface area contributed by atoms with Crippen molar-refractivity contribution in [2.75, 3.05) is 12.9 Å². The van der Waals surface area contributed by atoms with Crippen LogP contribution in [-0.2, 0) is 25.9 Å². The number of hydrogen-bond donors (Lipinski definition) is 0. The molecule has 0 bridgehead atoms. The predicted octanol–water partition coefficient (Wildman–Crippen LogP) is 2.00. The first-order valence-corrected chi connectivity index (χ1v) is 10.6. The van der Waals surface area contributed by atoms with Crippen LogP contribution in [-0.4, -0.2) is 37.7 Å². The van der Waals surface area contributed by atoms with Gasteiger partial charge in [-0.05, 0) is 37.3 Å². The van der Waals surface area contributed by atoms with Crippen molar-refractivity contribution in [3.8, 4) is 0 Å². The number of nitrogens with zero attached hydrogens (tertiary/aromatic N) is 2. The molecular formula is C17H16N2O6S2. The molecule has 0 saturated heterocycles. The zero-order valence-electron chi connectivity index (χ0n) is 14.5. The van der Waals surface area contributed by atoms with Gasteiger partial charge in [-0.3, -0.25) is 9.59 Å². The minimum atomic E-state index is -3.39. The molecule has 0 atom stereocenters. The summed E-state index contributed by atoms with van der Waals surface area (Å²) in [4.78, 5) is 28.6. The first-order chi connectivity index (χ1) is 12.8. The van der Waals surface area contributed by atoms with Crippen LogP contribution >= 0.6 is 11.3 Å². The summed E-state index contributed by atoms with van der Waals surface area (Å²) in [6.07, 6.45) is 2.47. The lowest BCUT2D eigenvalue weighted by Gasteiger charge is -2.05. The molecule has 2 aromatic heterocycles. The number of fused-ring (bicyclic) bond motifs is 1. The average molecular weight is 408 g/mol. The summed E-state index contributed by atoms with van der Waals surface area (Å²) >= 11 is 1.10. The topological polar surface area (TPSA) is 108 Å². The number of esters is 1. The van der Waals surface area contributed by atoms with E-state index in [1.807, 2.05) is 0 Å². The Balaban J connectivity index is 2.17. The van der Waals surface area contributed by atoms with E-state index in [1.54, 1.807) is 19.1 Å². The molecule has 0 aliphatic carbocycles. The van der Waals surface area contributed by atoms with Gasteiger partial charge in [0.15, 0.2) is 20.4 Å². The molecule has 0 saturated carbocycles. The first-order valence-electron chi connectivity index (χ1n) is 7.91. The first kappa shape index (κ1) is 19.1. The molecule has 0 radical (unpaired) electrons. The van der Waals surface area contributed by atoms with Crippen LogP contribution in [0.5, 0.6) is 0 Å². The fourth-order valence-corrected chi connectivity index (χ4v) is 4.19. The smallest absolute Gasteiger partial charge is 0.326 e. The quantitative estimate of drug-likeness (QED) is 0.598. The van der Waals surface area contributed by atoms with E-state index in [-0.39, 0.29) is 28.6 Å². The van der Waals surface area contributed by atoms with Gasteiger partial charge < -0.3 is 13.7 Å². The number of benzene rings is 1. The highest BCUT2D eigenvalue weighted by Gasteiger charge is 2.16. The Morgan fingerprint density at radius 1 is 1.30 bits per heavy atom. The van der Waals surface area contributed by atoms with Crippen LogP contribution in [0.15, 0.2) is 50.9 Å². The molecule has 0 unspecified atom stereocenters. The van der Waals surface area contributed by atoms with E-state index in [1.165, 1.54) is 29.0 Å². The molecule has 10 heteroatoms. The van der Waals surface area contributed by atoms with Crippen molar-refractivity contribution in [3.05, 3.63) is 47.2 Å². The van der Waals surface area contributed by atoms with E-state index in [0.29, 0.717) is 10.2 Å². The van der Waals surface area contributed by atoms with E-state index in [0.717, 1.165) is 17.6 Å². The van der Waals surface area contributed by atoms with Crippen LogP contribution in [0.2, 0.25) is 0 Å². The van der Waals surface area contributed by atoms with Crippen molar-refractivity contribution in [1.29, 1.82) is 0 Å². The fraction of sp³-hybridized carbons (Fsp3) is 0.235. The van der Waals surface area contributed by atoms with Crippen LogP contribution in [0.3, 0.4) is 0 Å². The number of thiazole rings is 1. The van der Waals surface area contributed by atoms with E-state index >= 15 is 0 Å². The van der Waals surface area contributed by atoms with Crippen molar-refractivity contribution in [2.45, 2.75) is 18.4 Å². The Morgan fingerprint density at radius 2 is 2.07 bits per heavy atom. The molecule has 3 rings (SSSR count). The number of sulfone groups is 1. The Labute approximate surface area is 158 Å². The normalized spacial score (nSPS) is 12.4. The minimum absolute atomic E-state index is 0.0620. The molecule has 0 aliphatic heterocycles. The van der Waals surface area contributed by atoms with Gasteiger partial charge in [0.25, 0.3) is 0 Å². The number of hydrogen-bond acceptors (Lipinski definition) is 7. The summed E-state index contributed by atoms with van der Waals surface area (Å²) in [5, 5.41) is 0. The molecule has 0 aliphatic rings. The maximum absolute atomic E-state index is 12.3. The third kappa shape index (κ3) is 4.17. The maximum Gasteiger partial charge on any atom is 0.326 e. The van der Waals surface area contributed by atoms with Gasteiger partial charge in [0.1, 0.15) is 6.54 Å². The van der Waals surface area contributed by atoms with Gasteiger partial charge in [0.05, 0.1) is 28.0 Å². The molecule has 2 heterocycles. The predicted molar refractivity (Wildman–Crippen MR) is 98.2 cm³/mol. The van der Waals surface area contributed by atoms with Gasteiger partial charge in [-0.15, -0.1) is 0 Å². The van der Waals surface area contributed by atoms with Crippen LogP contribution in [0.25, 0.3) is 10.2 Å². The molecule has 0 N–H and O–H groups in total. The van der Waals surface area contributed by atoms with Crippen molar-refractivity contribution >= 4 is 43.3 Å². The van der Waals surface area contributed by atoms with Gasteiger partial charge in [-0.1, -0.05) is 11.3 Å². The zero-order valence-corrected chi connectivity index (χ0v) is 16.2. The van der Waals surface area contributed by atoms with Gasteiger partial charge in [0, 0.05) is 6.26 Å². The fourth-order valence-electron chi connectivity index (χ4n) is 2.40. The standard InChI is InChI=1S/C17H16N2O6S2/c1-3-24-15(20)10-19-12-7-6-11(27(2,22)23)9-14(12)26-17(19)18-16(21)13-5-4-8-25-13/h4-9H,3,10H2,1-2H3. The SMILES string of the molecule is CCOC(=O)Cn1c(=NC(=O)c2ccco2)sc2cc(S(C)(=O)=O)ccc21. The van der Waals surface area contributed by atoms with Crippen LogP contribution in [0.1, 0.15) is 17.5 Å². The number of rotatable bonds is 5. The molecule has 0 fully saturated rings. The average Bonchev–Trinajstić information content (AvgIpc) is 3.23. The summed E-state index contributed by atoms with van der Waals surface area (Å²) in [5.74, 6) is -1.03. The summed E-state index contributed by atoms with van der Waals surface area (Å²) in [6.45, 7) is 1.76. The summed E-state index contributed by atoms with van der Waals surface area (Å²) in [6, 6.07) is 7.57. The van der Waals surface area contributed by atoms with Gasteiger partial charge >= 0.3 is 11.9 Å². The number of furan rings is 1. The van der Waals surface area contributed by atoms with Gasteiger partial charge in [-0.25, -0.2) is 8.42 Å². The van der Waals surface area contributed by atoms with Crippen LogP contribution in [0, 0.1) is 0 Å². The monoisotopic (exact) mass is 408 g/mol. The highest BCUT2D eigenvalue weighted by atomic mass is 32.2. The van der Waals surface area contributed by atoms with E-state index in [2.05, 4.69) is 4.99 Å². The number of aromatic nitrogens is 1. The molecule has 142 valence electrons. The molecule has 1 amide bonds. The van der Waals surface area contributed by atoms with Crippen LogP contribution < -0.4 is 4.80 Å². The van der Waals surface area contributed by atoms with E-state index < -0.39 is 21.7 Å². The van der Waals surface area contributed by atoms with Crippen molar-refractivity contribution in [2.24, 2.45) is 4.99 Å². The molecule has 3 aromatic rings. The number of carbonyl (C=O) groups excluding carboxylic acids is 2. The Bertz CT molecular complexity index is 1170. The third-order valence-electron chi connectivity index (χ3n) is 3.60. The second-order valence-electron chi connectivity index (χ2n) is 5.57. The Morgan fingerprint density at radius 3 is 2.70 bits per heavy atom. The van der Waals surface area contributed by atoms with Crippen molar-refractivity contribution in [3.63, 3.8) is 0 Å².